The van der Waals surface area contributed by atoms with Crippen molar-refractivity contribution in [2.75, 3.05) is 24.7 Å². The molecule has 1 aliphatic heterocycles. The normalized spacial score (nSPS) is 17.1. The summed E-state index contributed by atoms with van der Waals surface area (Å²) in [6, 6.07) is 15.0. The summed E-state index contributed by atoms with van der Waals surface area (Å²) < 4.78 is 24.7. The van der Waals surface area contributed by atoms with E-state index < -0.39 is 0 Å². The van der Waals surface area contributed by atoms with Crippen LogP contribution in [-0.4, -0.2) is 23.2 Å². The van der Waals surface area contributed by atoms with Gasteiger partial charge in [0.15, 0.2) is 5.82 Å². The number of hydrogen-bond acceptors (Lipinski definition) is 6. The molecule has 8 heteroatoms. The number of benzene rings is 3. The lowest BCUT2D eigenvalue weighted by Gasteiger charge is -2.12. The van der Waals surface area contributed by atoms with E-state index >= 15 is 0 Å². The molecule has 3 aromatic carbocycles. The number of aromatic nitrogens is 2. The third-order valence-electron chi connectivity index (χ3n) is 6.09. The number of anilines is 2. The topological polar surface area (TPSA) is 96.3 Å². The predicted molar refractivity (Wildman–Crippen MR) is 140 cm³/mol. The highest BCUT2D eigenvalue weighted by atomic mass is 35.5. The van der Waals surface area contributed by atoms with Crippen molar-refractivity contribution in [3.63, 3.8) is 0 Å². The van der Waals surface area contributed by atoms with E-state index in [1.54, 1.807) is 36.4 Å². The van der Waals surface area contributed by atoms with Crippen molar-refractivity contribution < 1.29 is 13.9 Å². The van der Waals surface area contributed by atoms with Gasteiger partial charge in [0.2, 0.25) is 0 Å². The molecule has 1 unspecified atom stereocenters. The summed E-state index contributed by atoms with van der Waals surface area (Å²) >= 11 is 6.47. The van der Waals surface area contributed by atoms with E-state index in [9.17, 15) is 4.39 Å². The van der Waals surface area contributed by atoms with Crippen LogP contribution in [0.5, 0.6) is 5.75 Å². The van der Waals surface area contributed by atoms with Gasteiger partial charge in [0, 0.05) is 28.8 Å². The van der Waals surface area contributed by atoms with Crippen LogP contribution in [-0.2, 0) is 11.3 Å². The van der Waals surface area contributed by atoms with E-state index in [0.29, 0.717) is 68.9 Å². The molecule has 5 rings (SSSR count). The summed E-state index contributed by atoms with van der Waals surface area (Å²) in [5, 5.41) is 1.03. The number of nitrogens with two attached hydrogens (primary N) is 2. The monoisotopic (exact) mass is 502 g/mol. The van der Waals surface area contributed by atoms with Gasteiger partial charge in [-0.25, -0.2) is 14.4 Å². The fourth-order valence-electron chi connectivity index (χ4n) is 3.98. The number of nitrogens with zero attached hydrogens (tertiary/aromatic N) is 2. The standard InChI is InChI=1S/C28H24ClFN4O2/c1-28(9-10-35-16-28)8-7-18-13-24-21(14-23(18)31)26(32)34-27(33-24)19-5-6-25(22(29)12-19)36-15-17-3-2-4-20(30)11-17/h2-6,11-14H,9-10,15-16,31H2,1H3,(H2,32,33,34). The first kappa shape index (κ1) is 23.9. The van der Waals surface area contributed by atoms with E-state index in [0.717, 1.165) is 6.42 Å². The molecule has 0 bridgehead atoms. The van der Waals surface area contributed by atoms with Crippen molar-refractivity contribution in [3.8, 4) is 29.0 Å². The Bertz CT molecular complexity index is 1520. The molecule has 1 aliphatic rings. The lowest BCUT2D eigenvalue weighted by Crippen LogP contribution is -2.12. The van der Waals surface area contributed by atoms with Gasteiger partial charge in [0.1, 0.15) is 24.0 Å². The van der Waals surface area contributed by atoms with E-state index in [1.165, 1.54) is 12.1 Å². The van der Waals surface area contributed by atoms with Crippen LogP contribution in [0.1, 0.15) is 24.5 Å². The fraction of sp³-hybridized carbons (Fsp3) is 0.214. The van der Waals surface area contributed by atoms with Crippen molar-refractivity contribution in [1.82, 2.24) is 9.97 Å². The molecule has 4 aromatic rings. The van der Waals surface area contributed by atoms with Crippen molar-refractivity contribution in [2.45, 2.75) is 20.0 Å². The molecule has 1 aromatic heterocycles. The SMILES string of the molecule is CC1(C#Cc2cc3nc(-c4ccc(OCc5cccc(F)c5)c(Cl)c4)nc(N)c3cc2N)CCOC1. The molecule has 1 saturated heterocycles. The van der Waals surface area contributed by atoms with Gasteiger partial charge in [-0.15, -0.1) is 0 Å². The van der Waals surface area contributed by atoms with Crippen LogP contribution in [0, 0.1) is 23.1 Å². The van der Waals surface area contributed by atoms with Crippen molar-refractivity contribution in [2.24, 2.45) is 5.41 Å². The van der Waals surface area contributed by atoms with Crippen LogP contribution in [0.3, 0.4) is 0 Å². The van der Waals surface area contributed by atoms with Gasteiger partial charge in [0.25, 0.3) is 0 Å². The van der Waals surface area contributed by atoms with E-state index in [2.05, 4.69) is 23.7 Å². The Morgan fingerprint density at radius 1 is 1.14 bits per heavy atom. The average Bonchev–Trinajstić information content (AvgIpc) is 3.29. The zero-order valence-corrected chi connectivity index (χ0v) is 20.4. The minimum Gasteiger partial charge on any atom is -0.487 e. The summed E-state index contributed by atoms with van der Waals surface area (Å²) in [5.74, 6) is 7.36. The van der Waals surface area contributed by atoms with Gasteiger partial charge in [-0.3, -0.25) is 0 Å². The Hall–Kier alpha value is -3.86. The molecule has 0 aliphatic carbocycles. The van der Waals surface area contributed by atoms with Gasteiger partial charge in [0.05, 0.1) is 22.6 Å². The smallest absolute Gasteiger partial charge is 0.162 e. The Kier molecular flexibility index (Phi) is 6.40. The number of rotatable bonds is 4. The summed E-state index contributed by atoms with van der Waals surface area (Å²) in [6.07, 6.45) is 0.884. The number of fused-ring (bicyclic) bond motifs is 1. The van der Waals surface area contributed by atoms with E-state index in [1.807, 2.05) is 6.07 Å². The second-order valence-corrected chi connectivity index (χ2v) is 9.47. The molecule has 182 valence electrons. The summed E-state index contributed by atoms with van der Waals surface area (Å²) in [6.45, 7) is 3.59. The summed E-state index contributed by atoms with van der Waals surface area (Å²) in [4.78, 5) is 9.15. The second kappa shape index (κ2) is 9.65. The fourth-order valence-corrected chi connectivity index (χ4v) is 4.22. The Morgan fingerprint density at radius 2 is 2.00 bits per heavy atom. The number of nitrogen functional groups attached to an aromatic ring is 2. The average molecular weight is 503 g/mol. The van der Waals surface area contributed by atoms with Gasteiger partial charge in [-0.05, 0) is 61.4 Å². The third-order valence-corrected chi connectivity index (χ3v) is 6.38. The Labute approximate surface area is 213 Å². The molecule has 0 spiro atoms. The molecule has 2 heterocycles. The van der Waals surface area contributed by atoms with Crippen molar-refractivity contribution >= 4 is 34.0 Å². The minimum absolute atomic E-state index is 0.187. The minimum atomic E-state index is -0.318. The lowest BCUT2D eigenvalue weighted by molar-refractivity contribution is 0.177. The first-order valence-corrected chi connectivity index (χ1v) is 11.8. The maximum Gasteiger partial charge on any atom is 0.162 e. The highest BCUT2D eigenvalue weighted by Gasteiger charge is 2.27. The maximum absolute atomic E-state index is 13.4. The van der Waals surface area contributed by atoms with Crippen LogP contribution >= 0.6 is 11.6 Å². The quantitative estimate of drug-likeness (QED) is 0.278. The third kappa shape index (κ3) is 5.06. The molecule has 4 N–H and O–H groups in total. The van der Waals surface area contributed by atoms with Gasteiger partial charge < -0.3 is 20.9 Å². The molecular formula is C28H24ClFN4O2. The summed E-state index contributed by atoms with van der Waals surface area (Å²) in [7, 11) is 0. The summed E-state index contributed by atoms with van der Waals surface area (Å²) in [5.41, 5.74) is 15.5. The highest BCUT2D eigenvalue weighted by Crippen LogP contribution is 2.32. The van der Waals surface area contributed by atoms with Crippen LogP contribution in [0.4, 0.5) is 15.9 Å². The van der Waals surface area contributed by atoms with Gasteiger partial charge in [-0.2, -0.15) is 0 Å². The maximum atomic E-state index is 13.4. The van der Waals surface area contributed by atoms with Gasteiger partial charge >= 0.3 is 0 Å². The molecular weight excluding hydrogens is 479 g/mol. The number of hydrogen-bond donors (Lipinski definition) is 2. The predicted octanol–water partition coefficient (Wildman–Crippen LogP) is 5.61. The Balaban J connectivity index is 1.43. The van der Waals surface area contributed by atoms with Crippen molar-refractivity contribution in [1.29, 1.82) is 0 Å². The van der Waals surface area contributed by atoms with E-state index in [-0.39, 0.29) is 17.8 Å². The molecule has 0 radical (unpaired) electrons. The first-order valence-electron chi connectivity index (χ1n) is 11.4. The molecule has 1 atom stereocenters. The first-order chi connectivity index (χ1) is 17.3. The Morgan fingerprint density at radius 3 is 2.75 bits per heavy atom. The van der Waals surface area contributed by atoms with E-state index in [4.69, 9.17) is 37.5 Å². The zero-order chi connectivity index (χ0) is 25.3. The second-order valence-electron chi connectivity index (χ2n) is 9.07. The van der Waals surface area contributed by atoms with Gasteiger partial charge in [-0.1, -0.05) is 35.6 Å². The molecule has 0 saturated carbocycles. The largest absolute Gasteiger partial charge is 0.487 e. The van der Waals surface area contributed by atoms with Crippen LogP contribution in [0.15, 0.2) is 54.6 Å². The highest BCUT2D eigenvalue weighted by molar-refractivity contribution is 6.32. The number of ether oxygens (including phenoxy) is 2. The molecule has 6 nitrogen and oxygen atoms in total. The molecule has 36 heavy (non-hydrogen) atoms. The molecule has 0 amide bonds. The van der Waals surface area contributed by atoms with Crippen molar-refractivity contribution in [3.05, 3.63) is 76.6 Å². The van der Waals surface area contributed by atoms with Crippen LogP contribution in [0.2, 0.25) is 5.02 Å². The molecule has 1 fully saturated rings. The van der Waals surface area contributed by atoms with Crippen LogP contribution < -0.4 is 16.2 Å². The zero-order valence-electron chi connectivity index (χ0n) is 19.6. The number of halogens is 2. The lowest BCUT2D eigenvalue weighted by atomic mass is 9.90. The van der Waals surface area contributed by atoms with Crippen LogP contribution in [0.25, 0.3) is 22.3 Å².